The van der Waals surface area contributed by atoms with E-state index in [2.05, 4.69) is 23.6 Å². The summed E-state index contributed by atoms with van der Waals surface area (Å²) in [5.74, 6) is 0. The van der Waals surface area contributed by atoms with Gasteiger partial charge in [0.1, 0.15) is 5.54 Å². The molecule has 0 amide bonds. The fourth-order valence-electron chi connectivity index (χ4n) is 3.08. The standard InChI is InChI=1S/C11H18N2O/c1-9(2)13-10-4-5-14-8-11(13,6-10)7-12-3/h9-10H,4-8H2,1-2H3. The smallest absolute Gasteiger partial charge is 0.235 e. The molecule has 3 aliphatic heterocycles. The van der Waals surface area contributed by atoms with Gasteiger partial charge < -0.3 is 9.58 Å². The van der Waals surface area contributed by atoms with Gasteiger partial charge in [0.05, 0.1) is 6.61 Å². The highest BCUT2D eigenvalue weighted by molar-refractivity contribution is 5.11. The highest BCUT2D eigenvalue weighted by atomic mass is 16.5. The summed E-state index contributed by atoms with van der Waals surface area (Å²) in [6.07, 6.45) is 2.30. The van der Waals surface area contributed by atoms with Gasteiger partial charge in [-0.25, -0.2) is 6.57 Å². The first kappa shape index (κ1) is 9.95. The van der Waals surface area contributed by atoms with Gasteiger partial charge in [-0.05, 0) is 26.7 Å². The predicted octanol–water partition coefficient (Wildman–Crippen LogP) is 1.55. The van der Waals surface area contributed by atoms with Crippen molar-refractivity contribution in [2.24, 2.45) is 0 Å². The van der Waals surface area contributed by atoms with Crippen molar-refractivity contribution >= 4 is 0 Å². The van der Waals surface area contributed by atoms with E-state index in [4.69, 9.17) is 11.3 Å². The summed E-state index contributed by atoms with van der Waals surface area (Å²) in [7, 11) is 0. The molecular weight excluding hydrogens is 176 g/mol. The quantitative estimate of drug-likeness (QED) is 0.620. The van der Waals surface area contributed by atoms with Crippen molar-refractivity contribution in [3.63, 3.8) is 0 Å². The minimum Gasteiger partial charge on any atom is -0.379 e. The maximum atomic E-state index is 7.03. The topological polar surface area (TPSA) is 16.8 Å². The molecule has 78 valence electrons. The molecule has 0 aliphatic carbocycles. The van der Waals surface area contributed by atoms with Gasteiger partial charge in [0.25, 0.3) is 0 Å². The highest BCUT2D eigenvalue weighted by Crippen LogP contribution is 2.42. The van der Waals surface area contributed by atoms with Crippen LogP contribution in [0.25, 0.3) is 4.85 Å². The van der Waals surface area contributed by atoms with Crippen molar-refractivity contribution in [2.75, 3.05) is 19.8 Å². The van der Waals surface area contributed by atoms with Crippen molar-refractivity contribution in [3.8, 4) is 0 Å². The minimum absolute atomic E-state index is 0.0527. The molecule has 2 atom stereocenters. The lowest BCUT2D eigenvalue weighted by atomic mass is 9.77. The number of fused-ring (bicyclic) bond motifs is 3. The number of ether oxygens (including phenoxy) is 1. The van der Waals surface area contributed by atoms with Gasteiger partial charge in [-0.1, -0.05) is 0 Å². The van der Waals surface area contributed by atoms with Crippen LogP contribution in [0.1, 0.15) is 26.7 Å². The SMILES string of the molecule is [C-]#[N+]CC12COCCC(C1)N2C(C)C. The van der Waals surface area contributed by atoms with E-state index >= 15 is 0 Å². The van der Waals surface area contributed by atoms with Gasteiger partial charge in [0, 0.05) is 18.7 Å². The van der Waals surface area contributed by atoms with Gasteiger partial charge in [0.15, 0.2) is 0 Å². The van der Waals surface area contributed by atoms with Crippen LogP contribution < -0.4 is 0 Å². The van der Waals surface area contributed by atoms with Crippen molar-refractivity contribution in [1.82, 2.24) is 4.90 Å². The summed E-state index contributed by atoms with van der Waals surface area (Å²) in [5.41, 5.74) is 0.0527. The maximum absolute atomic E-state index is 7.03. The molecule has 3 saturated heterocycles. The second-order valence-electron chi connectivity index (χ2n) is 4.74. The van der Waals surface area contributed by atoms with Crippen LogP contribution in [0.2, 0.25) is 0 Å². The van der Waals surface area contributed by atoms with E-state index in [1.165, 1.54) is 0 Å². The second kappa shape index (κ2) is 3.52. The molecule has 3 heterocycles. The van der Waals surface area contributed by atoms with Crippen LogP contribution in [0.4, 0.5) is 0 Å². The zero-order chi connectivity index (χ0) is 10.2. The Labute approximate surface area is 85.9 Å². The zero-order valence-corrected chi connectivity index (χ0v) is 8.99. The van der Waals surface area contributed by atoms with Crippen LogP contribution in [0.5, 0.6) is 0 Å². The van der Waals surface area contributed by atoms with E-state index in [-0.39, 0.29) is 5.54 Å². The van der Waals surface area contributed by atoms with E-state index in [1.807, 2.05) is 0 Å². The summed E-state index contributed by atoms with van der Waals surface area (Å²) in [6.45, 7) is 13.7. The molecule has 2 unspecified atom stereocenters. The van der Waals surface area contributed by atoms with Crippen LogP contribution in [0.15, 0.2) is 0 Å². The van der Waals surface area contributed by atoms with E-state index in [9.17, 15) is 0 Å². The molecule has 3 fully saturated rings. The Kier molecular flexibility index (Phi) is 2.50. The molecule has 2 bridgehead atoms. The maximum Gasteiger partial charge on any atom is 0.235 e. The molecule has 3 nitrogen and oxygen atoms in total. The molecule has 0 radical (unpaired) electrons. The van der Waals surface area contributed by atoms with Crippen molar-refractivity contribution in [3.05, 3.63) is 11.4 Å². The monoisotopic (exact) mass is 194 g/mol. The number of hydrogen-bond acceptors (Lipinski definition) is 2. The Balaban J connectivity index is 2.17. The molecule has 14 heavy (non-hydrogen) atoms. The van der Waals surface area contributed by atoms with Crippen molar-refractivity contribution < 1.29 is 4.74 Å². The van der Waals surface area contributed by atoms with Gasteiger partial charge in [-0.15, -0.1) is 0 Å². The predicted molar refractivity (Wildman–Crippen MR) is 55.0 cm³/mol. The van der Waals surface area contributed by atoms with Gasteiger partial charge >= 0.3 is 0 Å². The van der Waals surface area contributed by atoms with Crippen molar-refractivity contribution in [2.45, 2.75) is 44.3 Å². The average molecular weight is 194 g/mol. The van der Waals surface area contributed by atoms with Crippen LogP contribution in [-0.2, 0) is 4.74 Å². The largest absolute Gasteiger partial charge is 0.379 e. The Morgan fingerprint density at radius 3 is 3.07 bits per heavy atom. The van der Waals surface area contributed by atoms with E-state index < -0.39 is 0 Å². The fourth-order valence-corrected chi connectivity index (χ4v) is 3.08. The lowest BCUT2D eigenvalue weighted by molar-refractivity contribution is -0.0939. The van der Waals surface area contributed by atoms with E-state index in [1.54, 1.807) is 0 Å². The molecule has 3 rings (SSSR count). The zero-order valence-electron chi connectivity index (χ0n) is 8.99. The van der Waals surface area contributed by atoms with Gasteiger partial charge in [0.2, 0.25) is 6.54 Å². The Morgan fingerprint density at radius 1 is 1.64 bits per heavy atom. The van der Waals surface area contributed by atoms with Crippen LogP contribution >= 0.6 is 0 Å². The first-order valence-electron chi connectivity index (χ1n) is 5.39. The lowest BCUT2D eigenvalue weighted by Gasteiger charge is -2.56. The molecule has 3 heteroatoms. The Bertz CT molecular complexity index is 255. The van der Waals surface area contributed by atoms with Gasteiger partial charge in [-0.2, -0.15) is 0 Å². The third-order valence-electron chi connectivity index (χ3n) is 3.45. The summed E-state index contributed by atoms with van der Waals surface area (Å²) in [5, 5.41) is 0. The Hall–Kier alpha value is -0.590. The summed E-state index contributed by atoms with van der Waals surface area (Å²) in [6, 6.07) is 1.21. The number of rotatable bonds is 2. The second-order valence-corrected chi connectivity index (χ2v) is 4.74. The van der Waals surface area contributed by atoms with Gasteiger partial charge in [-0.3, -0.25) is 4.90 Å². The minimum atomic E-state index is 0.0527. The van der Waals surface area contributed by atoms with E-state index in [0.717, 1.165) is 26.1 Å². The molecule has 0 aromatic rings. The number of hydrogen-bond donors (Lipinski definition) is 0. The summed E-state index contributed by atoms with van der Waals surface area (Å²) < 4.78 is 5.60. The summed E-state index contributed by atoms with van der Waals surface area (Å²) in [4.78, 5) is 6.07. The molecule has 3 aliphatic rings. The molecule has 0 aromatic heterocycles. The Morgan fingerprint density at radius 2 is 2.43 bits per heavy atom. The molecule has 0 spiro atoms. The number of nitrogens with zero attached hydrogens (tertiary/aromatic N) is 2. The summed E-state index contributed by atoms with van der Waals surface area (Å²) >= 11 is 0. The first-order valence-corrected chi connectivity index (χ1v) is 5.39. The van der Waals surface area contributed by atoms with Crippen LogP contribution in [0, 0.1) is 6.57 Å². The van der Waals surface area contributed by atoms with Crippen molar-refractivity contribution in [1.29, 1.82) is 0 Å². The molecule has 0 aromatic carbocycles. The third-order valence-corrected chi connectivity index (χ3v) is 3.45. The highest BCUT2D eigenvalue weighted by Gasteiger charge is 2.56. The first-order chi connectivity index (χ1) is 6.69. The molecule has 0 N–H and O–H groups in total. The third kappa shape index (κ3) is 1.34. The normalized spacial score (nSPS) is 37.4. The van der Waals surface area contributed by atoms with Crippen LogP contribution in [0.3, 0.4) is 0 Å². The van der Waals surface area contributed by atoms with Crippen LogP contribution in [-0.4, -0.2) is 42.3 Å². The molecular formula is C11H18N2O. The fraction of sp³-hybridized carbons (Fsp3) is 0.909. The molecule has 0 saturated carbocycles. The average Bonchev–Trinajstić information content (AvgIpc) is 2.35. The van der Waals surface area contributed by atoms with E-state index in [0.29, 0.717) is 18.6 Å². The lowest BCUT2D eigenvalue weighted by Crippen LogP contribution is -2.70.